The van der Waals surface area contributed by atoms with Crippen molar-refractivity contribution in [1.82, 2.24) is 9.78 Å². The third kappa shape index (κ3) is 5.83. The molecule has 1 heterocycles. The number of aromatic nitrogens is 2. The molecule has 3 aromatic rings. The van der Waals surface area contributed by atoms with Gasteiger partial charge in [0.2, 0.25) is 0 Å². The molecule has 33 heavy (non-hydrogen) atoms. The number of aromatic carboxylic acids is 1. The summed E-state index contributed by atoms with van der Waals surface area (Å²) >= 11 is 0. The number of carbonyl (C=O) groups is 1. The van der Waals surface area contributed by atoms with Crippen LogP contribution in [-0.4, -0.2) is 46.8 Å². The van der Waals surface area contributed by atoms with Crippen LogP contribution in [0.5, 0.6) is 0 Å². The molecular weight excluding hydrogens is 491 g/mol. The largest absolute Gasteiger partial charge is 1.00 e. The first-order valence-electron chi connectivity index (χ1n) is 8.45. The molecule has 1 aromatic heterocycles. The van der Waals surface area contributed by atoms with Crippen molar-refractivity contribution >= 4 is 37.6 Å². The van der Waals surface area contributed by atoms with Gasteiger partial charge < -0.3 is 6.53 Å². The fourth-order valence-corrected chi connectivity index (χ4v) is 3.63. The van der Waals surface area contributed by atoms with Crippen LogP contribution in [0.15, 0.2) is 67.3 Å². The van der Waals surface area contributed by atoms with Gasteiger partial charge in [-0.15, -0.1) is 10.2 Å². The van der Waals surface area contributed by atoms with E-state index in [1.54, 1.807) is 0 Å². The maximum Gasteiger partial charge on any atom is 1.00 e. The Morgan fingerprint density at radius 2 is 1.52 bits per heavy atom. The van der Waals surface area contributed by atoms with Crippen molar-refractivity contribution in [3.05, 3.63) is 64.1 Å². The Hall–Kier alpha value is -2.66. The van der Waals surface area contributed by atoms with Gasteiger partial charge in [-0.25, -0.2) is 9.48 Å². The minimum atomic E-state index is -4.64. The molecule has 4 N–H and O–H groups in total. The van der Waals surface area contributed by atoms with Crippen molar-refractivity contribution in [3.8, 4) is 5.69 Å². The van der Waals surface area contributed by atoms with E-state index < -0.39 is 42.2 Å². The van der Waals surface area contributed by atoms with E-state index in [1.165, 1.54) is 19.1 Å². The summed E-state index contributed by atoms with van der Waals surface area (Å²) in [5.41, 5.74) is -1.27. The second-order valence-corrected chi connectivity index (χ2v) is 9.20. The van der Waals surface area contributed by atoms with Crippen LogP contribution in [-0.2, 0) is 20.2 Å². The quantitative estimate of drug-likeness (QED) is 0.187. The van der Waals surface area contributed by atoms with Gasteiger partial charge >= 0.3 is 35.5 Å². The van der Waals surface area contributed by atoms with Crippen LogP contribution in [0.2, 0.25) is 0 Å². The molecule has 0 saturated heterocycles. The topological polar surface area (TPSA) is 209 Å². The summed E-state index contributed by atoms with van der Waals surface area (Å²) in [7, 11) is -9.05. The zero-order valence-corrected chi connectivity index (χ0v) is 20.6. The zero-order chi connectivity index (χ0) is 23.8. The van der Waals surface area contributed by atoms with Gasteiger partial charge in [-0.2, -0.15) is 16.8 Å². The number of nitrogens with zero attached hydrogens (tertiary/aromatic N) is 3. The summed E-state index contributed by atoms with van der Waals surface area (Å²) in [5, 5.41) is 19.5. The average Bonchev–Trinajstić information content (AvgIpc) is 2.98. The van der Waals surface area contributed by atoms with E-state index in [0.29, 0.717) is 6.07 Å². The van der Waals surface area contributed by atoms with Gasteiger partial charge in [0.1, 0.15) is 5.69 Å². The van der Waals surface area contributed by atoms with Gasteiger partial charge in [-0.1, -0.05) is 0 Å². The number of carboxylic acid groups (broad SMARTS) is 1. The molecule has 0 unspecified atom stereocenters. The molecule has 0 aliphatic carbocycles. The van der Waals surface area contributed by atoms with Crippen LogP contribution in [0.4, 0.5) is 11.4 Å². The van der Waals surface area contributed by atoms with E-state index in [9.17, 15) is 31.5 Å². The van der Waals surface area contributed by atoms with E-state index >= 15 is 0 Å². The smallest absolute Gasteiger partial charge is 1.00 e. The third-order valence-electron chi connectivity index (χ3n) is 4.19. The van der Waals surface area contributed by atoms with E-state index in [4.69, 9.17) is 9.11 Å². The van der Waals surface area contributed by atoms with Gasteiger partial charge in [0.05, 0.1) is 26.7 Å². The second kappa shape index (κ2) is 9.68. The maximum atomic E-state index is 12.7. The average molecular weight is 506 g/mol. The molecule has 16 heteroatoms. The predicted molar refractivity (Wildman–Crippen MR) is 109 cm³/mol. The van der Waals surface area contributed by atoms with Gasteiger partial charge in [0.25, 0.3) is 25.8 Å². The number of benzene rings is 2. The second-order valence-electron chi connectivity index (χ2n) is 6.35. The number of H-pyrrole nitrogens is 1. The number of rotatable bonds is 6. The Balaban J connectivity index is 0.00000289. The van der Waals surface area contributed by atoms with Crippen molar-refractivity contribution in [2.75, 3.05) is 0 Å². The summed E-state index contributed by atoms with van der Waals surface area (Å²) < 4.78 is 63.8. The number of hydrogen-bond donors (Lipinski definition) is 4. The minimum absolute atomic E-state index is 0. The van der Waals surface area contributed by atoms with Crippen molar-refractivity contribution in [1.29, 1.82) is 0 Å². The first-order chi connectivity index (χ1) is 14.8. The number of azo groups is 1. The van der Waals surface area contributed by atoms with Crippen molar-refractivity contribution < 1.29 is 66.8 Å². The Morgan fingerprint density at radius 3 is 2.03 bits per heavy atom. The molecule has 3 rings (SSSR count). The predicted octanol–water partition coefficient (Wildman–Crippen LogP) is -0.802. The number of aromatic amines is 1. The summed E-state index contributed by atoms with van der Waals surface area (Å²) in [6.07, 6.45) is 0. The Labute approximate surface area is 210 Å². The van der Waals surface area contributed by atoms with Crippen LogP contribution >= 0.6 is 0 Å². The normalized spacial score (nSPS) is 12.0. The summed E-state index contributed by atoms with van der Waals surface area (Å²) in [6, 6.07) is 7.33. The van der Waals surface area contributed by atoms with Crippen LogP contribution in [0.25, 0.3) is 5.69 Å². The third-order valence-corrected chi connectivity index (χ3v) is 5.90. The van der Waals surface area contributed by atoms with Crippen LogP contribution < -0.4 is 35.1 Å². The molecule has 0 aliphatic heterocycles. The van der Waals surface area contributed by atoms with E-state index in [2.05, 4.69) is 15.3 Å². The maximum absolute atomic E-state index is 12.7. The summed E-state index contributed by atoms with van der Waals surface area (Å²) in [5.74, 6) is -1.54. The minimum Gasteiger partial charge on any atom is -1.00 e. The Kier molecular flexibility index (Phi) is 7.80. The van der Waals surface area contributed by atoms with Crippen LogP contribution in [0, 0.1) is 6.92 Å². The first kappa shape index (κ1) is 26.6. The number of hydrogen-bond acceptors (Lipinski definition) is 8. The molecule has 0 radical (unpaired) electrons. The molecular formula is C17H15N4NaO9S2. The fraction of sp³-hybridized carbons (Fsp3) is 0.0588. The van der Waals surface area contributed by atoms with E-state index in [-0.39, 0.29) is 58.6 Å². The van der Waals surface area contributed by atoms with E-state index in [1.807, 2.05) is 0 Å². The number of carboxylic acids is 1. The van der Waals surface area contributed by atoms with Crippen LogP contribution in [0.3, 0.4) is 0 Å². The molecule has 13 nitrogen and oxygen atoms in total. The first-order valence-corrected chi connectivity index (χ1v) is 11.3. The zero-order valence-electron chi connectivity index (χ0n) is 18.0. The monoisotopic (exact) mass is 506 g/mol. The molecule has 2 aromatic carbocycles. The molecule has 0 aliphatic rings. The molecule has 170 valence electrons. The Bertz CT molecular complexity index is 1530. The molecule has 0 atom stereocenters. The SMILES string of the molecule is Cc1[nH]n(-c2ccc(S(=O)(=O)O)cc2)c(=O)c1N=Nc1ccc(S(=O)(=O)O)cc1C(=O)O.[H-].[Na+]. The molecule has 0 bridgehead atoms. The fourth-order valence-electron chi connectivity index (χ4n) is 2.64. The van der Waals surface area contributed by atoms with E-state index in [0.717, 1.165) is 28.9 Å². The number of nitrogens with one attached hydrogen (secondary N) is 1. The van der Waals surface area contributed by atoms with Crippen molar-refractivity contribution in [2.45, 2.75) is 16.7 Å². The van der Waals surface area contributed by atoms with Gasteiger partial charge in [0, 0.05) is 0 Å². The molecule has 0 amide bonds. The van der Waals surface area contributed by atoms with Gasteiger partial charge in [-0.05, 0) is 49.4 Å². The van der Waals surface area contributed by atoms with Crippen molar-refractivity contribution in [2.24, 2.45) is 10.2 Å². The number of aryl methyl sites for hydroxylation is 1. The molecule has 0 fully saturated rings. The summed E-state index contributed by atoms with van der Waals surface area (Å²) in [6.45, 7) is 1.48. The van der Waals surface area contributed by atoms with Crippen molar-refractivity contribution in [3.63, 3.8) is 0 Å². The molecule has 0 spiro atoms. The molecule has 0 saturated carbocycles. The van der Waals surface area contributed by atoms with Gasteiger partial charge in [-0.3, -0.25) is 19.0 Å². The van der Waals surface area contributed by atoms with Gasteiger partial charge in [0.15, 0.2) is 5.69 Å². The van der Waals surface area contributed by atoms with Crippen LogP contribution in [0.1, 0.15) is 17.5 Å². The summed E-state index contributed by atoms with van der Waals surface area (Å²) in [4.78, 5) is 23.1. The standard InChI is InChI=1S/C17H14N4O9S2.Na.H/c1-9-15(16(22)21(20-9)10-2-4-11(5-3-10)31(25,26)27)19-18-14-7-6-12(32(28,29)30)8-13(14)17(23)24;;/h2-8,20H,1H3,(H,23,24)(H,25,26,27)(H,28,29,30);;/q;+1;-1. The Morgan fingerprint density at radius 1 is 0.970 bits per heavy atom.